The van der Waals surface area contributed by atoms with Gasteiger partial charge in [-0.25, -0.2) is 18.5 Å². The maximum absolute atomic E-state index is 13.6. The molecule has 2 unspecified atom stereocenters. The van der Waals surface area contributed by atoms with Crippen molar-refractivity contribution >= 4 is 54.5 Å². The lowest BCUT2D eigenvalue weighted by atomic mass is 9.95. The highest BCUT2D eigenvalue weighted by molar-refractivity contribution is 7.89. The first-order valence-electron chi connectivity index (χ1n) is 13.6. The molecule has 0 saturated carbocycles. The summed E-state index contributed by atoms with van der Waals surface area (Å²) in [6.07, 6.45) is -0.223. The molecular weight excluding hydrogens is 625 g/mol. The fraction of sp³-hybridized carbons (Fsp3) is 0.300. The number of aryl methyl sites for hydroxylation is 1. The number of nitrogens with two attached hydrogens (primary N) is 1. The van der Waals surface area contributed by atoms with Gasteiger partial charge in [-0.1, -0.05) is 42.5 Å². The molecule has 2 amide bonds. The molecule has 4 aromatic rings. The molecule has 0 spiro atoms. The molecule has 0 bridgehead atoms. The van der Waals surface area contributed by atoms with Crippen molar-refractivity contribution in [1.82, 2.24) is 15.2 Å². The molecular formula is C30H31N4O7S3-. The number of aromatic nitrogens is 1. The van der Waals surface area contributed by atoms with Crippen molar-refractivity contribution in [3.8, 4) is 11.1 Å². The van der Waals surface area contributed by atoms with Crippen LogP contribution in [0.25, 0.3) is 21.3 Å². The van der Waals surface area contributed by atoms with E-state index in [-0.39, 0.29) is 37.0 Å². The minimum atomic E-state index is -3.89. The molecule has 14 heteroatoms. The van der Waals surface area contributed by atoms with Gasteiger partial charge in [0, 0.05) is 18.5 Å². The molecule has 1 aromatic heterocycles. The molecule has 1 aliphatic rings. The van der Waals surface area contributed by atoms with Crippen LogP contribution >= 0.6 is 11.3 Å². The predicted octanol–water partition coefficient (Wildman–Crippen LogP) is 2.20. The number of rotatable bonds is 10. The second kappa shape index (κ2) is 12.1. The zero-order chi connectivity index (χ0) is 31.9. The molecule has 0 aliphatic carbocycles. The standard InChI is InChI=1S/C30H32N4O7S3/c1-19-14-24-25(15-23(19)21-8-10-22(11-9-21)26(35)34-17-29(2,37)18-34)42-28(33-24)30(43(38)39,16-20-6-4-3-5-7-20)27(36)32-12-13-44(31,40)41/h3-11,14-15,37H,12-13,16-18H2,1-2H3,(H,32,36)(H,38,39)(H2,31,40,41)/p-1. The van der Waals surface area contributed by atoms with Gasteiger partial charge >= 0.3 is 0 Å². The number of nitrogens with zero attached hydrogens (tertiary/aromatic N) is 2. The minimum absolute atomic E-state index is 0.0423. The Labute approximate surface area is 261 Å². The Balaban J connectivity index is 1.50. The number of amides is 2. The van der Waals surface area contributed by atoms with Crippen molar-refractivity contribution in [2.45, 2.75) is 30.6 Å². The lowest BCUT2D eigenvalue weighted by Gasteiger charge is -2.44. The lowest BCUT2D eigenvalue weighted by molar-refractivity contribution is -0.123. The summed E-state index contributed by atoms with van der Waals surface area (Å²) < 4.78 is 47.3. The number of nitrogens with one attached hydrogen (secondary N) is 1. The number of likely N-dealkylation sites (tertiary alicyclic amines) is 1. The van der Waals surface area contributed by atoms with E-state index in [2.05, 4.69) is 10.3 Å². The van der Waals surface area contributed by atoms with E-state index in [0.29, 0.717) is 21.3 Å². The summed E-state index contributed by atoms with van der Waals surface area (Å²) in [5.41, 5.74) is 3.23. The van der Waals surface area contributed by atoms with Gasteiger partial charge in [-0.15, -0.1) is 11.3 Å². The molecule has 232 valence electrons. The van der Waals surface area contributed by atoms with Crippen LogP contribution in [0.15, 0.2) is 66.7 Å². The van der Waals surface area contributed by atoms with Crippen molar-refractivity contribution in [2.24, 2.45) is 5.14 Å². The molecule has 1 aliphatic heterocycles. The Kier molecular flexibility index (Phi) is 8.77. The van der Waals surface area contributed by atoms with Gasteiger partial charge in [-0.05, 0) is 71.4 Å². The van der Waals surface area contributed by atoms with Crippen molar-refractivity contribution in [2.75, 3.05) is 25.4 Å². The third-order valence-electron chi connectivity index (χ3n) is 7.49. The second-order valence-corrected chi connectivity index (χ2v) is 15.2. The second-order valence-electron chi connectivity index (χ2n) is 11.2. The van der Waals surface area contributed by atoms with Crippen LogP contribution in [0.4, 0.5) is 0 Å². The van der Waals surface area contributed by atoms with Gasteiger partial charge < -0.3 is 19.9 Å². The van der Waals surface area contributed by atoms with E-state index in [9.17, 15) is 31.9 Å². The number of benzene rings is 3. The smallest absolute Gasteiger partial charge is 0.254 e. The molecule has 5 rings (SSSR count). The number of carbonyl (C=O) groups excluding carboxylic acids is 2. The summed E-state index contributed by atoms with van der Waals surface area (Å²) in [6.45, 7) is 3.76. The Bertz CT molecular complexity index is 1850. The van der Waals surface area contributed by atoms with Crippen LogP contribution in [-0.4, -0.2) is 75.0 Å². The number of sulfonamides is 1. The van der Waals surface area contributed by atoms with E-state index >= 15 is 0 Å². The van der Waals surface area contributed by atoms with Gasteiger partial charge in [-0.3, -0.25) is 13.8 Å². The monoisotopic (exact) mass is 655 g/mol. The van der Waals surface area contributed by atoms with Gasteiger partial charge in [0.2, 0.25) is 15.9 Å². The number of carbonyl (C=O) groups is 2. The predicted molar refractivity (Wildman–Crippen MR) is 168 cm³/mol. The van der Waals surface area contributed by atoms with Gasteiger partial charge in [0.1, 0.15) is 5.01 Å². The molecule has 0 radical (unpaired) electrons. The van der Waals surface area contributed by atoms with Crippen LogP contribution in [0.5, 0.6) is 0 Å². The molecule has 1 fully saturated rings. The number of aliphatic hydroxyl groups is 1. The van der Waals surface area contributed by atoms with Crippen molar-refractivity contribution in [1.29, 1.82) is 0 Å². The average molecular weight is 656 g/mol. The summed E-state index contributed by atoms with van der Waals surface area (Å²) >= 11 is -1.93. The quantitative estimate of drug-likeness (QED) is 0.217. The number of hydrogen-bond donors (Lipinski definition) is 3. The molecule has 2 atom stereocenters. The SMILES string of the molecule is Cc1cc2nc(C(Cc3ccccc3)(C(=O)NCCS(N)(=O)=O)S(=O)[O-])sc2cc1-c1ccc(C(=O)N2CC(C)(O)C2)cc1. The van der Waals surface area contributed by atoms with Crippen molar-refractivity contribution in [3.63, 3.8) is 0 Å². The topological polar surface area (TPSA) is 183 Å². The summed E-state index contributed by atoms with van der Waals surface area (Å²) in [7, 11) is -3.89. The summed E-state index contributed by atoms with van der Waals surface area (Å²) in [5.74, 6) is -1.62. The third-order valence-corrected chi connectivity index (χ3v) is 10.7. The fourth-order valence-corrected chi connectivity index (χ4v) is 7.73. The van der Waals surface area contributed by atoms with E-state index in [4.69, 9.17) is 5.14 Å². The highest BCUT2D eigenvalue weighted by Crippen LogP contribution is 2.39. The van der Waals surface area contributed by atoms with E-state index < -0.39 is 43.1 Å². The summed E-state index contributed by atoms with van der Waals surface area (Å²) in [4.78, 5) is 32.5. The van der Waals surface area contributed by atoms with Gasteiger partial charge in [0.15, 0.2) is 4.75 Å². The zero-order valence-electron chi connectivity index (χ0n) is 24.0. The van der Waals surface area contributed by atoms with Crippen LogP contribution in [0.1, 0.15) is 33.4 Å². The van der Waals surface area contributed by atoms with Crippen LogP contribution in [0, 0.1) is 6.92 Å². The Hall–Kier alpha value is -3.53. The number of hydrogen-bond acceptors (Lipinski definition) is 9. The molecule has 2 heterocycles. The van der Waals surface area contributed by atoms with Crippen LogP contribution in [0.2, 0.25) is 0 Å². The number of primary sulfonamides is 1. The number of β-amino-alcohol motifs (C(OH)–C–C–N with tert-alkyl or cyclic N) is 1. The Morgan fingerprint density at radius 1 is 1.16 bits per heavy atom. The molecule has 4 N–H and O–H groups in total. The van der Waals surface area contributed by atoms with E-state index in [1.165, 1.54) is 0 Å². The Morgan fingerprint density at radius 2 is 1.82 bits per heavy atom. The first kappa shape index (κ1) is 31.9. The van der Waals surface area contributed by atoms with Crippen LogP contribution < -0.4 is 10.5 Å². The average Bonchev–Trinajstić information content (AvgIpc) is 3.36. The van der Waals surface area contributed by atoms with Gasteiger partial charge in [-0.2, -0.15) is 0 Å². The zero-order valence-corrected chi connectivity index (χ0v) is 26.4. The van der Waals surface area contributed by atoms with E-state index in [1.54, 1.807) is 54.3 Å². The molecule has 44 heavy (non-hydrogen) atoms. The Morgan fingerprint density at radius 3 is 2.41 bits per heavy atom. The summed E-state index contributed by atoms with van der Waals surface area (Å²) in [5, 5.41) is 17.5. The maximum atomic E-state index is 13.6. The number of fused-ring (bicyclic) bond motifs is 1. The largest absolute Gasteiger partial charge is 0.771 e. The lowest BCUT2D eigenvalue weighted by Crippen LogP contribution is -2.61. The molecule has 11 nitrogen and oxygen atoms in total. The van der Waals surface area contributed by atoms with E-state index in [0.717, 1.165) is 28.0 Å². The number of thiazole rings is 1. The molecule has 3 aromatic carbocycles. The summed E-state index contributed by atoms with van der Waals surface area (Å²) in [6, 6.07) is 19.4. The van der Waals surface area contributed by atoms with E-state index in [1.807, 2.05) is 31.2 Å². The van der Waals surface area contributed by atoms with Gasteiger partial charge in [0.25, 0.3) is 5.91 Å². The fourth-order valence-electron chi connectivity index (χ4n) is 5.25. The highest BCUT2D eigenvalue weighted by atomic mass is 32.2. The molecule has 1 saturated heterocycles. The normalized spacial score (nSPS) is 16.6. The highest BCUT2D eigenvalue weighted by Gasteiger charge is 2.45. The van der Waals surface area contributed by atoms with Crippen molar-refractivity contribution < 1.29 is 31.9 Å². The first-order chi connectivity index (χ1) is 20.7. The van der Waals surface area contributed by atoms with Crippen molar-refractivity contribution in [3.05, 3.63) is 88.4 Å². The van der Waals surface area contributed by atoms with Gasteiger partial charge in [0.05, 0.1) is 34.7 Å². The van der Waals surface area contributed by atoms with Crippen LogP contribution in [0.3, 0.4) is 0 Å². The minimum Gasteiger partial charge on any atom is -0.771 e. The maximum Gasteiger partial charge on any atom is 0.254 e. The van der Waals surface area contributed by atoms with Crippen LogP contribution in [-0.2, 0) is 37.1 Å². The first-order valence-corrected chi connectivity index (χ1v) is 17.2. The third kappa shape index (κ3) is 6.60.